The first-order chi connectivity index (χ1) is 8.54. The molecule has 0 radical (unpaired) electrons. The molecule has 1 atom stereocenters. The summed E-state index contributed by atoms with van der Waals surface area (Å²) >= 11 is 0. The largest absolute Gasteiger partial charge is 0.399 e. The second-order valence-corrected chi connectivity index (χ2v) is 4.50. The lowest BCUT2D eigenvalue weighted by Gasteiger charge is -2.18. The number of rotatable bonds is 5. The number of amides is 1. The van der Waals surface area contributed by atoms with E-state index >= 15 is 0 Å². The van der Waals surface area contributed by atoms with Crippen LogP contribution in [-0.2, 0) is 11.2 Å². The number of hydrogen-bond acceptors (Lipinski definition) is 3. The van der Waals surface area contributed by atoms with Gasteiger partial charge in [-0.2, -0.15) is 5.26 Å². The van der Waals surface area contributed by atoms with E-state index < -0.39 is 0 Å². The number of para-hydroxylation sites is 1. The first-order valence-electron chi connectivity index (χ1n) is 6.01. The van der Waals surface area contributed by atoms with Gasteiger partial charge in [0.1, 0.15) is 0 Å². The molecule has 0 saturated carbocycles. The van der Waals surface area contributed by atoms with E-state index in [0.717, 1.165) is 11.3 Å². The molecule has 1 amide bonds. The first kappa shape index (κ1) is 14.0. The maximum atomic E-state index is 11.9. The van der Waals surface area contributed by atoms with Crippen LogP contribution in [0.3, 0.4) is 0 Å². The van der Waals surface area contributed by atoms with E-state index in [9.17, 15) is 4.79 Å². The summed E-state index contributed by atoms with van der Waals surface area (Å²) in [4.78, 5) is 13.5. The lowest BCUT2D eigenvalue weighted by atomic mass is 10.1. The number of benzene rings is 1. The molecule has 0 aliphatic rings. The molecule has 0 spiro atoms. The molecule has 0 aliphatic heterocycles. The lowest BCUT2D eigenvalue weighted by Crippen LogP contribution is -2.30. The zero-order chi connectivity index (χ0) is 13.5. The number of nitriles is 1. The molecule has 96 valence electrons. The fourth-order valence-electron chi connectivity index (χ4n) is 1.75. The number of anilines is 1. The van der Waals surface area contributed by atoms with Crippen molar-refractivity contribution in [3.63, 3.8) is 0 Å². The Morgan fingerprint density at radius 2 is 2.17 bits per heavy atom. The van der Waals surface area contributed by atoms with E-state index in [-0.39, 0.29) is 11.8 Å². The fourth-order valence-corrected chi connectivity index (χ4v) is 1.75. The molecule has 0 aromatic heterocycles. The van der Waals surface area contributed by atoms with Crippen LogP contribution in [-0.4, -0.2) is 24.4 Å². The van der Waals surface area contributed by atoms with Crippen molar-refractivity contribution in [3.05, 3.63) is 29.8 Å². The zero-order valence-electron chi connectivity index (χ0n) is 10.9. The van der Waals surface area contributed by atoms with Crippen LogP contribution in [0, 0.1) is 17.2 Å². The molecule has 2 N–H and O–H groups in total. The van der Waals surface area contributed by atoms with Crippen molar-refractivity contribution in [1.29, 1.82) is 5.26 Å². The van der Waals surface area contributed by atoms with Crippen LogP contribution in [0.5, 0.6) is 0 Å². The summed E-state index contributed by atoms with van der Waals surface area (Å²) in [6.45, 7) is 2.28. The van der Waals surface area contributed by atoms with Gasteiger partial charge >= 0.3 is 0 Å². The van der Waals surface area contributed by atoms with Crippen LogP contribution >= 0.6 is 0 Å². The highest BCUT2D eigenvalue weighted by molar-refractivity contribution is 5.76. The van der Waals surface area contributed by atoms with Crippen LogP contribution in [0.1, 0.15) is 18.9 Å². The smallest absolute Gasteiger partial charge is 0.222 e. The normalized spacial score (nSPS) is 11.6. The van der Waals surface area contributed by atoms with Crippen LogP contribution in [0.15, 0.2) is 24.3 Å². The summed E-state index contributed by atoms with van der Waals surface area (Å²) in [7, 11) is 1.73. The maximum absolute atomic E-state index is 11.9. The van der Waals surface area contributed by atoms with Gasteiger partial charge in [0.2, 0.25) is 5.91 Å². The summed E-state index contributed by atoms with van der Waals surface area (Å²) in [5, 5.41) is 8.71. The topological polar surface area (TPSA) is 70.1 Å². The van der Waals surface area contributed by atoms with Gasteiger partial charge in [0.15, 0.2) is 0 Å². The van der Waals surface area contributed by atoms with Gasteiger partial charge in [0.25, 0.3) is 0 Å². The van der Waals surface area contributed by atoms with Gasteiger partial charge in [-0.15, -0.1) is 0 Å². The van der Waals surface area contributed by atoms with Crippen molar-refractivity contribution in [1.82, 2.24) is 4.90 Å². The van der Waals surface area contributed by atoms with Crippen molar-refractivity contribution < 1.29 is 4.79 Å². The third-order valence-electron chi connectivity index (χ3n) is 2.86. The van der Waals surface area contributed by atoms with Gasteiger partial charge in [-0.1, -0.05) is 18.2 Å². The SMILES string of the molecule is CC(C#N)CN(C)C(=O)CCc1ccccc1N. The Morgan fingerprint density at radius 1 is 1.50 bits per heavy atom. The van der Waals surface area contributed by atoms with Gasteiger partial charge in [-0.25, -0.2) is 0 Å². The number of carbonyl (C=O) groups is 1. The number of hydrogen-bond donors (Lipinski definition) is 1. The highest BCUT2D eigenvalue weighted by Crippen LogP contribution is 2.13. The summed E-state index contributed by atoms with van der Waals surface area (Å²) in [5.74, 6) is -0.0962. The number of carbonyl (C=O) groups excluding carboxylic acids is 1. The van der Waals surface area contributed by atoms with E-state index in [1.807, 2.05) is 24.3 Å². The second-order valence-electron chi connectivity index (χ2n) is 4.50. The molecule has 0 bridgehead atoms. The predicted octanol–water partition coefficient (Wildman–Crippen LogP) is 1.82. The van der Waals surface area contributed by atoms with E-state index in [2.05, 4.69) is 6.07 Å². The molecule has 0 fully saturated rings. The molecule has 0 aliphatic carbocycles. The monoisotopic (exact) mass is 245 g/mol. The summed E-state index contributed by atoms with van der Waals surface area (Å²) in [5.41, 5.74) is 7.53. The predicted molar refractivity (Wildman–Crippen MR) is 71.6 cm³/mol. The van der Waals surface area contributed by atoms with E-state index in [0.29, 0.717) is 19.4 Å². The fraction of sp³-hybridized carbons (Fsp3) is 0.429. The zero-order valence-corrected chi connectivity index (χ0v) is 10.9. The molecular weight excluding hydrogens is 226 g/mol. The third kappa shape index (κ3) is 4.10. The van der Waals surface area contributed by atoms with E-state index in [1.54, 1.807) is 18.9 Å². The Labute approximate surface area is 108 Å². The molecule has 1 rings (SSSR count). The number of nitrogens with two attached hydrogens (primary N) is 1. The molecule has 4 heteroatoms. The van der Waals surface area contributed by atoms with Crippen molar-refractivity contribution >= 4 is 11.6 Å². The minimum Gasteiger partial charge on any atom is -0.399 e. The average molecular weight is 245 g/mol. The van der Waals surface area contributed by atoms with Gasteiger partial charge < -0.3 is 10.6 Å². The molecule has 1 aromatic carbocycles. The molecule has 1 aromatic rings. The summed E-state index contributed by atoms with van der Waals surface area (Å²) in [6.07, 6.45) is 1.06. The molecular formula is C14H19N3O. The molecule has 0 saturated heterocycles. The molecule has 0 heterocycles. The minimum atomic E-state index is -0.138. The van der Waals surface area contributed by atoms with Crippen molar-refractivity contribution in [2.75, 3.05) is 19.3 Å². The molecule has 1 unspecified atom stereocenters. The van der Waals surface area contributed by atoms with Gasteiger partial charge in [0.05, 0.1) is 12.0 Å². The van der Waals surface area contributed by atoms with Gasteiger partial charge in [-0.05, 0) is 25.0 Å². The standard InChI is InChI=1S/C14H19N3O/c1-11(9-15)10-17(2)14(18)8-7-12-5-3-4-6-13(12)16/h3-6,11H,7-8,10,16H2,1-2H3. The Bertz CT molecular complexity index is 451. The van der Waals surface area contributed by atoms with Crippen molar-refractivity contribution in [3.8, 4) is 6.07 Å². The summed E-state index contributed by atoms with van der Waals surface area (Å²) < 4.78 is 0. The van der Waals surface area contributed by atoms with Gasteiger partial charge in [0, 0.05) is 25.7 Å². The van der Waals surface area contributed by atoms with Crippen LogP contribution in [0.25, 0.3) is 0 Å². The molecule has 4 nitrogen and oxygen atoms in total. The Kier molecular flexibility index (Phi) is 5.19. The highest BCUT2D eigenvalue weighted by atomic mass is 16.2. The minimum absolute atomic E-state index is 0.0420. The average Bonchev–Trinajstić information content (AvgIpc) is 2.37. The summed E-state index contributed by atoms with van der Waals surface area (Å²) in [6, 6.07) is 9.68. The van der Waals surface area contributed by atoms with Crippen molar-refractivity contribution in [2.45, 2.75) is 19.8 Å². The number of nitrogens with zero attached hydrogens (tertiary/aromatic N) is 2. The number of nitrogen functional groups attached to an aromatic ring is 1. The maximum Gasteiger partial charge on any atom is 0.222 e. The van der Waals surface area contributed by atoms with E-state index in [1.165, 1.54) is 0 Å². The lowest BCUT2D eigenvalue weighted by molar-refractivity contribution is -0.130. The van der Waals surface area contributed by atoms with Crippen molar-refractivity contribution in [2.24, 2.45) is 5.92 Å². The third-order valence-corrected chi connectivity index (χ3v) is 2.86. The van der Waals surface area contributed by atoms with Crippen LogP contribution in [0.2, 0.25) is 0 Å². The first-order valence-corrected chi connectivity index (χ1v) is 6.01. The van der Waals surface area contributed by atoms with Gasteiger partial charge in [-0.3, -0.25) is 4.79 Å². The molecule has 18 heavy (non-hydrogen) atoms. The van der Waals surface area contributed by atoms with E-state index in [4.69, 9.17) is 11.0 Å². The van der Waals surface area contributed by atoms with Crippen LogP contribution in [0.4, 0.5) is 5.69 Å². The van der Waals surface area contributed by atoms with Crippen LogP contribution < -0.4 is 5.73 Å². The Morgan fingerprint density at radius 3 is 2.78 bits per heavy atom. The Balaban J connectivity index is 2.47. The quantitative estimate of drug-likeness (QED) is 0.804. The number of aryl methyl sites for hydroxylation is 1. The Hall–Kier alpha value is -2.02. The second kappa shape index (κ2) is 6.65. The highest BCUT2D eigenvalue weighted by Gasteiger charge is 2.12.